The first kappa shape index (κ1) is 18.5. The largest absolute Gasteiger partial charge is 0.366 e. The molecule has 3 aromatic rings. The van der Waals surface area contributed by atoms with Gasteiger partial charge in [0, 0.05) is 18.2 Å². The van der Waals surface area contributed by atoms with Crippen molar-refractivity contribution in [3.8, 4) is 0 Å². The van der Waals surface area contributed by atoms with Gasteiger partial charge >= 0.3 is 5.69 Å². The molecule has 0 saturated heterocycles. The van der Waals surface area contributed by atoms with Crippen LogP contribution in [0.15, 0.2) is 52.3 Å². The van der Waals surface area contributed by atoms with E-state index in [0.29, 0.717) is 19.1 Å². The molecule has 0 fully saturated rings. The lowest BCUT2D eigenvalue weighted by Crippen LogP contribution is -2.27. The Morgan fingerprint density at radius 2 is 1.93 bits per heavy atom. The maximum absolute atomic E-state index is 13.3. The van der Waals surface area contributed by atoms with Crippen molar-refractivity contribution in [2.45, 2.75) is 45.8 Å². The monoisotopic (exact) mass is 380 g/mol. The van der Waals surface area contributed by atoms with Crippen LogP contribution in [0.4, 0.5) is 4.39 Å². The fourth-order valence-electron chi connectivity index (χ4n) is 3.65. The average molecular weight is 380 g/mol. The zero-order chi connectivity index (χ0) is 19.7. The van der Waals surface area contributed by atoms with E-state index in [1.54, 1.807) is 16.7 Å². The smallest absolute Gasteiger partial charge is 0.329 e. The van der Waals surface area contributed by atoms with E-state index in [1.807, 2.05) is 22.8 Å². The highest BCUT2D eigenvalue weighted by molar-refractivity contribution is 6.02. The van der Waals surface area contributed by atoms with Gasteiger partial charge in [-0.3, -0.25) is 14.1 Å². The van der Waals surface area contributed by atoms with Gasteiger partial charge in [0.25, 0.3) is 0 Å². The van der Waals surface area contributed by atoms with Gasteiger partial charge in [0.05, 0.1) is 24.1 Å². The van der Waals surface area contributed by atoms with Gasteiger partial charge in [-0.05, 0) is 49.2 Å². The molecule has 1 aromatic heterocycles. The molecule has 0 radical (unpaired) electrons. The minimum Gasteiger partial charge on any atom is -0.366 e. The molecule has 146 valence electrons. The van der Waals surface area contributed by atoms with Crippen molar-refractivity contribution < 1.29 is 4.39 Å². The quantitative estimate of drug-likeness (QED) is 0.711. The third kappa shape index (κ3) is 3.46. The number of nitrogens with zero attached hydrogens (tertiary/aromatic N) is 3. The van der Waals surface area contributed by atoms with Crippen LogP contribution < -0.4 is 11.0 Å². The van der Waals surface area contributed by atoms with E-state index < -0.39 is 0 Å². The first-order valence-electron chi connectivity index (χ1n) is 9.85. The summed E-state index contributed by atoms with van der Waals surface area (Å²) in [6.45, 7) is 6.08. The zero-order valence-electron chi connectivity index (χ0n) is 16.3. The van der Waals surface area contributed by atoms with Gasteiger partial charge in [0.15, 0.2) is 0 Å². The maximum Gasteiger partial charge on any atom is 0.329 e. The van der Waals surface area contributed by atoms with Crippen LogP contribution in [0.5, 0.6) is 0 Å². The number of aromatic nitrogens is 2. The van der Waals surface area contributed by atoms with Gasteiger partial charge in [0.1, 0.15) is 11.7 Å². The number of fused-ring (bicyclic) bond motifs is 1. The summed E-state index contributed by atoms with van der Waals surface area (Å²) in [5.74, 6) is 0.597. The molecule has 0 spiro atoms. The number of imidazole rings is 1. The Morgan fingerprint density at radius 1 is 1.14 bits per heavy atom. The lowest BCUT2D eigenvalue weighted by atomic mass is 10.1. The summed E-state index contributed by atoms with van der Waals surface area (Å²) in [6, 6.07) is 12.7. The predicted octanol–water partition coefficient (Wildman–Crippen LogP) is 3.53. The number of hydrogen-bond acceptors (Lipinski definition) is 3. The molecule has 2 aromatic carbocycles. The molecule has 0 amide bonds. The van der Waals surface area contributed by atoms with Crippen molar-refractivity contribution in [3.05, 3.63) is 69.9 Å². The Balaban J connectivity index is 1.81. The van der Waals surface area contributed by atoms with Crippen molar-refractivity contribution >= 4 is 16.9 Å². The molecule has 0 bridgehead atoms. The second-order valence-corrected chi connectivity index (χ2v) is 7.44. The highest BCUT2D eigenvalue weighted by Gasteiger charge is 2.18. The summed E-state index contributed by atoms with van der Waals surface area (Å²) < 4.78 is 16.9. The fraction of sp³-hybridized carbons (Fsp3) is 0.364. The Morgan fingerprint density at radius 3 is 2.61 bits per heavy atom. The molecule has 5 nitrogen and oxygen atoms in total. The lowest BCUT2D eigenvalue weighted by Gasteiger charge is -2.08. The third-order valence-corrected chi connectivity index (χ3v) is 5.19. The standard InChI is InChI=1S/C22H25FN4O/c1-3-4-11-26-19-10-7-17(21-24-13-15(2)25-21)12-20(19)27(22(26)28)14-16-5-8-18(23)9-6-16/h5-10,12,15H,3-4,11,13-14H2,1-2H3,(H,24,25). The Kier molecular flexibility index (Phi) is 5.03. The normalized spacial score (nSPS) is 16.4. The van der Waals surface area contributed by atoms with Gasteiger partial charge in [0.2, 0.25) is 0 Å². The van der Waals surface area contributed by atoms with Crippen molar-refractivity contribution in [2.75, 3.05) is 6.54 Å². The van der Waals surface area contributed by atoms with E-state index in [9.17, 15) is 9.18 Å². The third-order valence-electron chi connectivity index (χ3n) is 5.19. The molecular formula is C22H25FN4O. The molecule has 1 unspecified atom stereocenters. The Labute approximate surface area is 163 Å². The molecule has 4 rings (SSSR count). The molecule has 1 aliphatic rings. The number of unbranched alkanes of at least 4 members (excludes halogenated alkanes) is 1. The average Bonchev–Trinajstić information content (AvgIpc) is 3.24. The van der Waals surface area contributed by atoms with Gasteiger partial charge in [-0.15, -0.1) is 0 Å². The number of amidine groups is 1. The van der Waals surface area contributed by atoms with Crippen LogP contribution in [-0.2, 0) is 13.1 Å². The first-order chi connectivity index (χ1) is 13.6. The molecule has 0 aliphatic carbocycles. The Bertz CT molecular complexity index is 1080. The molecule has 1 atom stereocenters. The van der Waals surface area contributed by atoms with E-state index in [4.69, 9.17) is 0 Å². The van der Waals surface area contributed by atoms with E-state index in [2.05, 4.69) is 24.2 Å². The minimum absolute atomic E-state index is 0.0281. The summed E-state index contributed by atoms with van der Waals surface area (Å²) in [6.07, 6.45) is 1.97. The highest BCUT2D eigenvalue weighted by atomic mass is 19.1. The number of aryl methyl sites for hydroxylation is 1. The molecule has 6 heteroatoms. The summed E-state index contributed by atoms with van der Waals surface area (Å²) in [7, 11) is 0. The van der Waals surface area contributed by atoms with Crippen LogP contribution in [-0.4, -0.2) is 27.6 Å². The number of halogens is 1. The number of nitrogens with one attached hydrogen (secondary N) is 1. The summed E-state index contributed by atoms with van der Waals surface area (Å²) in [5, 5.41) is 3.38. The highest BCUT2D eigenvalue weighted by Crippen LogP contribution is 2.19. The summed E-state index contributed by atoms with van der Waals surface area (Å²) in [5.41, 5.74) is 3.66. The Hall–Kier alpha value is -2.89. The first-order valence-corrected chi connectivity index (χ1v) is 9.85. The molecular weight excluding hydrogens is 355 g/mol. The van der Waals surface area contributed by atoms with Crippen LogP contribution in [0.25, 0.3) is 11.0 Å². The van der Waals surface area contributed by atoms with Crippen molar-refractivity contribution in [3.63, 3.8) is 0 Å². The van der Waals surface area contributed by atoms with Crippen LogP contribution in [0.1, 0.15) is 37.8 Å². The SMILES string of the molecule is CCCCn1c(=O)n(Cc2ccc(F)cc2)c2cc(C3=NCC(C)N3)ccc21. The number of benzene rings is 2. The second-order valence-electron chi connectivity index (χ2n) is 7.44. The van der Waals surface area contributed by atoms with E-state index >= 15 is 0 Å². The topological polar surface area (TPSA) is 51.3 Å². The molecule has 1 aliphatic heterocycles. The van der Waals surface area contributed by atoms with Gasteiger partial charge in [-0.25, -0.2) is 9.18 Å². The minimum atomic E-state index is -0.275. The number of aliphatic imine (C=N–C) groups is 1. The molecule has 2 heterocycles. The van der Waals surface area contributed by atoms with Crippen molar-refractivity contribution in [2.24, 2.45) is 4.99 Å². The van der Waals surface area contributed by atoms with Crippen LogP contribution in [0, 0.1) is 5.82 Å². The van der Waals surface area contributed by atoms with Crippen LogP contribution >= 0.6 is 0 Å². The van der Waals surface area contributed by atoms with Crippen LogP contribution in [0.2, 0.25) is 0 Å². The second kappa shape index (κ2) is 7.62. The molecule has 1 N–H and O–H groups in total. The molecule has 28 heavy (non-hydrogen) atoms. The maximum atomic E-state index is 13.3. The van der Waals surface area contributed by atoms with Gasteiger partial charge in [-0.1, -0.05) is 25.5 Å². The van der Waals surface area contributed by atoms with E-state index in [1.165, 1.54) is 12.1 Å². The summed E-state index contributed by atoms with van der Waals surface area (Å²) >= 11 is 0. The van der Waals surface area contributed by atoms with E-state index in [0.717, 1.165) is 47.4 Å². The predicted molar refractivity (Wildman–Crippen MR) is 111 cm³/mol. The number of rotatable bonds is 6. The summed E-state index contributed by atoms with van der Waals surface area (Å²) in [4.78, 5) is 17.7. The van der Waals surface area contributed by atoms with Gasteiger partial charge in [-0.2, -0.15) is 0 Å². The molecule has 0 saturated carbocycles. The fourth-order valence-corrected chi connectivity index (χ4v) is 3.65. The van der Waals surface area contributed by atoms with E-state index in [-0.39, 0.29) is 11.5 Å². The van der Waals surface area contributed by atoms with Gasteiger partial charge < -0.3 is 5.32 Å². The van der Waals surface area contributed by atoms with Crippen LogP contribution in [0.3, 0.4) is 0 Å². The number of hydrogen-bond donors (Lipinski definition) is 1. The lowest BCUT2D eigenvalue weighted by molar-refractivity contribution is 0.605. The van der Waals surface area contributed by atoms with Crippen molar-refractivity contribution in [1.82, 2.24) is 14.5 Å². The van der Waals surface area contributed by atoms with Crippen molar-refractivity contribution in [1.29, 1.82) is 0 Å². The zero-order valence-corrected chi connectivity index (χ0v) is 16.3.